The molecule has 0 radical (unpaired) electrons. The van der Waals surface area contributed by atoms with Crippen molar-refractivity contribution < 1.29 is 18.7 Å². The average molecular weight is 366 g/mol. The van der Waals surface area contributed by atoms with E-state index in [9.17, 15) is 14.4 Å². The van der Waals surface area contributed by atoms with Crippen molar-refractivity contribution in [2.45, 2.75) is 26.0 Å². The quantitative estimate of drug-likeness (QED) is 0.661. The van der Waals surface area contributed by atoms with Gasteiger partial charge in [0.05, 0.1) is 5.52 Å². The maximum Gasteiger partial charge on any atom is 0.420 e. The second-order valence-electron chi connectivity index (χ2n) is 6.42. The first kappa shape index (κ1) is 17.1. The molecule has 27 heavy (non-hydrogen) atoms. The second kappa shape index (κ2) is 6.75. The van der Waals surface area contributed by atoms with Gasteiger partial charge in [-0.25, -0.2) is 4.79 Å². The number of carbonyl (C=O) groups is 2. The van der Waals surface area contributed by atoms with Crippen LogP contribution in [0, 0.1) is 0 Å². The number of rotatable bonds is 4. The van der Waals surface area contributed by atoms with Gasteiger partial charge in [0.15, 0.2) is 11.7 Å². The summed E-state index contributed by atoms with van der Waals surface area (Å²) in [4.78, 5) is 38.6. The van der Waals surface area contributed by atoms with Crippen LogP contribution in [0.15, 0.2) is 57.7 Å². The summed E-state index contributed by atoms with van der Waals surface area (Å²) in [6.45, 7) is 1.79. The zero-order valence-corrected chi connectivity index (χ0v) is 14.8. The van der Waals surface area contributed by atoms with Crippen molar-refractivity contribution >= 4 is 28.7 Å². The van der Waals surface area contributed by atoms with Crippen LogP contribution in [0.3, 0.4) is 0 Å². The number of para-hydroxylation sites is 3. The number of esters is 1. The molecule has 4 rings (SSSR count). The van der Waals surface area contributed by atoms with Gasteiger partial charge in [-0.05, 0) is 37.1 Å². The lowest BCUT2D eigenvalue weighted by molar-refractivity contribution is -0.154. The van der Waals surface area contributed by atoms with E-state index in [1.165, 1.54) is 11.5 Å². The Morgan fingerprint density at radius 1 is 1.15 bits per heavy atom. The summed E-state index contributed by atoms with van der Waals surface area (Å²) in [6.07, 6.45) is -0.170. The van der Waals surface area contributed by atoms with Gasteiger partial charge in [0.1, 0.15) is 6.54 Å². The van der Waals surface area contributed by atoms with Gasteiger partial charge < -0.3 is 14.1 Å². The minimum Gasteiger partial charge on any atom is -0.451 e. The molecule has 3 aromatic rings. The first-order chi connectivity index (χ1) is 13.0. The predicted molar refractivity (Wildman–Crippen MR) is 98.5 cm³/mol. The number of nitrogens with zero attached hydrogens (tertiary/aromatic N) is 2. The molecule has 1 atom stereocenters. The van der Waals surface area contributed by atoms with Crippen LogP contribution in [0.5, 0.6) is 0 Å². The molecule has 0 fully saturated rings. The van der Waals surface area contributed by atoms with E-state index in [0.717, 1.165) is 17.7 Å². The van der Waals surface area contributed by atoms with Crippen molar-refractivity contribution in [2.24, 2.45) is 0 Å². The molecule has 1 aromatic heterocycles. The Bertz CT molecular complexity index is 1080. The number of amides is 1. The van der Waals surface area contributed by atoms with Crippen LogP contribution in [0.4, 0.5) is 5.69 Å². The highest BCUT2D eigenvalue weighted by Gasteiger charge is 2.30. The number of hydrogen-bond acceptors (Lipinski definition) is 5. The van der Waals surface area contributed by atoms with Gasteiger partial charge in [0.2, 0.25) is 0 Å². The van der Waals surface area contributed by atoms with Gasteiger partial charge >= 0.3 is 11.7 Å². The molecule has 0 aliphatic carbocycles. The highest BCUT2D eigenvalue weighted by atomic mass is 16.5. The van der Waals surface area contributed by atoms with Gasteiger partial charge in [-0.15, -0.1) is 0 Å². The molecule has 138 valence electrons. The third kappa shape index (κ3) is 3.12. The summed E-state index contributed by atoms with van der Waals surface area (Å²) >= 11 is 0. The summed E-state index contributed by atoms with van der Waals surface area (Å²) in [7, 11) is 0. The summed E-state index contributed by atoms with van der Waals surface area (Å²) in [5.41, 5.74) is 2.85. The summed E-state index contributed by atoms with van der Waals surface area (Å²) in [6, 6.07) is 14.5. The van der Waals surface area contributed by atoms with Crippen molar-refractivity contribution in [1.29, 1.82) is 0 Å². The molecule has 0 unspecified atom stereocenters. The second-order valence-corrected chi connectivity index (χ2v) is 6.42. The molecule has 0 saturated carbocycles. The average Bonchev–Trinajstić information content (AvgIpc) is 3.22. The minimum absolute atomic E-state index is 0.280. The number of fused-ring (bicyclic) bond motifs is 2. The van der Waals surface area contributed by atoms with Crippen molar-refractivity contribution in [2.75, 3.05) is 11.4 Å². The largest absolute Gasteiger partial charge is 0.451 e. The monoisotopic (exact) mass is 366 g/mol. The van der Waals surface area contributed by atoms with Crippen LogP contribution in [0.2, 0.25) is 0 Å². The SMILES string of the molecule is C[C@@H](OC(=O)Cn1c(=O)oc2ccccc21)C(=O)N1CCc2ccccc21. The van der Waals surface area contributed by atoms with E-state index in [1.807, 2.05) is 24.3 Å². The molecule has 0 N–H and O–H groups in total. The fraction of sp³-hybridized carbons (Fsp3) is 0.250. The molecular weight excluding hydrogens is 348 g/mol. The molecule has 0 bridgehead atoms. The van der Waals surface area contributed by atoms with Crippen LogP contribution < -0.4 is 10.7 Å². The maximum atomic E-state index is 12.7. The molecule has 2 heterocycles. The standard InChI is InChI=1S/C20H18N2O5/c1-13(19(24)21-11-10-14-6-2-3-7-15(14)21)26-18(23)12-22-16-8-4-5-9-17(16)27-20(22)25/h2-9,13H,10-12H2,1H3/t13-/m1/s1. The third-order valence-electron chi connectivity index (χ3n) is 4.67. The summed E-state index contributed by atoms with van der Waals surface area (Å²) in [5, 5.41) is 0. The zero-order chi connectivity index (χ0) is 19.0. The number of carbonyl (C=O) groups excluding carboxylic acids is 2. The van der Waals surface area contributed by atoms with E-state index in [-0.39, 0.29) is 12.5 Å². The fourth-order valence-electron chi connectivity index (χ4n) is 3.36. The van der Waals surface area contributed by atoms with E-state index >= 15 is 0 Å². The molecule has 0 spiro atoms. The van der Waals surface area contributed by atoms with Crippen LogP contribution in [-0.4, -0.2) is 29.1 Å². The third-order valence-corrected chi connectivity index (χ3v) is 4.67. The lowest BCUT2D eigenvalue weighted by Crippen LogP contribution is -2.39. The number of aromatic nitrogens is 1. The number of oxazole rings is 1. The van der Waals surface area contributed by atoms with Gasteiger partial charge in [0, 0.05) is 12.2 Å². The molecule has 1 aliphatic heterocycles. The Hall–Kier alpha value is -3.35. The first-order valence-corrected chi connectivity index (χ1v) is 8.72. The van der Waals surface area contributed by atoms with Crippen LogP contribution in [0.1, 0.15) is 12.5 Å². The predicted octanol–water partition coefficient (Wildman–Crippen LogP) is 2.12. The molecular formula is C20H18N2O5. The maximum absolute atomic E-state index is 12.7. The van der Waals surface area contributed by atoms with E-state index in [1.54, 1.807) is 29.2 Å². The molecule has 7 nitrogen and oxygen atoms in total. The van der Waals surface area contributed by atoms with Gasteiger partial charge in [-0.2, -0.15) is 0 Å². The van der Waals surface area contributed by atoms with E-state index in [0.29, 0.717) is 17.6 Å². The highest BCUT2D eigenvalue weighted by molar-refractivity contribution is 5.99. The lowest BCUT2D eigenvalue weighted by Gasteiger charge is -2.21. The number of hydrogen-bond donors (Lipinski definition) is 0. The van der Waals surface area contributed by atoms with Gasteiger partial charge in [-0.1, -0.05) is 30.3 Å². The van der Waals surface area contributed by atoms with Gasteiger partial charge in [0.25, 0.3) is 5.91 Å². The molecule has 0 saturated heterocycles. The fourth-order valence-corrected chi connectivity index (χ4v) is 3.36. The highest BCUT2D eigenvalue weighted by Crippen LogP contribution is 2.28. The normalized spacial score (nSPS) is 14.2. The molecule has 2 aromatic carbocycles. The van der Waals surface area contributed by atoms with E-state index in [2.05, 4.69) is 0 Å². The van der Waals surface area contributed by atoms with Crippen molar-refractivity contribution in [3.05, 3.63) is 64.6 Å². The minimum atomic E-state index is -0.947. The summed E-state index contributed by atoms with van der Waals surface area (Å²) < 4.78 is 11.6. The van der Waals surface area contributed by atoms with Crippen molar-refractivity contribution in [3.8, 4) is 0 Å². The Balaban J connectivity index is 1.46. The van der Waals surface area contributed by atoms with Gasteiger partial charge in [-0.3, -0.25) is 14.2 Å². The Morgan fingerprint density at radius 3 is 2.74 bits per heavy atom. The number of ether oxygens (including phenoxy) is 1. The Kier molecular flexibility index (Phi) is 4.27. The topological polar surface area (TPSA) is 81.7 Å². The van der Waals surface area contributed by atoms with Crippen LogP contribution in [-0.2, 0) is 27.3 Å². The van der Waals surface area contributed by atoms with E-state index in [4.69, 9.17) is 9.15 Å². The lowest BCUT2D eigenvalue weighted by atomic mass is 10.2. The van der Waals surface area contributed by atoms with Crippen LogP contribution in [0.25, 0.3) is 11.1 Å². The zero-order valence-electron chi connectivity index (χ0n) is 14.8. The van der Waals surface area contributed by atoms with Crippen molar-refractivity contribution in [1.82, 2.24) is 4.57 Å². The number of benzene rings is 2. The molecule has 7 heteroatoms. The Labute approximate surface area is 154 Å². The number of anilines is 1. The first-order valence-electron chi connectivity index (χ1n) is 8.72. The summed E-state index contributed by atoms with van der Waals surface area (Å²) in [5.74, 6) is -1.59. The molecule has 1 aliphatic rings. The Morgan fingerprint density at radius 2 is 1.89 bits per heavy atom. The molecule has 1 amide bonds. The van der Waals surface area contributed by atoms with Crippen molar-refractivity contribution in [3.63, 3.8) is 0 Å². The smallest absolute Gasteiger partial charge is 0.420 e. The van der Waals surface area contributed by atoms with E-state index < -0.39 is 17.8 Å². The van der Waals surface area contributed by atoms with Crippen LogP contribution >= 0.6 is 0 Å².